The third kappa shape index (κ3) is 3.23. The van der Waals surface area contributed by atoms with Crippen molar-refractivity contribution in [3.8, 4) is 5.75 Å². The number of hydrogen-bond donors (Lipinski definition) is 3. The van der Waals surface area contributed by atoms with Gasteiger partial charge in [0, 0.05) is 0 Å². The van der Waals surface area contributed by atoms with Crippen LogP contribution in [0, 0.1) is 19.8 Å². The van der Waals surface area contributed by atoms with E-state index in [2.05, 4.69) is 5.32 Å². The largest absolute Gasteiger partial charge is 0.505 e. The van der Waals surface area contributed by atoms with Gasteiger partial charge in [-0.15, -0.1) is 0 Å². The van der Waals surface area contributed by atoms with Crippen molar-refractivity contribution in [2.75, 3.05) is 5.32 Å². The molecule has 1 aromatic rings. The number of carbonyl (C=O) groups is 1. The van der Waals surface area contributed by atoms with Crippen LogP contribution in [-0.4, -0.2) is 17.1 Å². The molecule has 0 spiro atoms. The summed E-state index contributed by atoms with van der Waals surface area (Å²) in [5.41, 5.74) is 8.00. The van der Waals surface area contributed by atoms with E-state index in [9.17, 15) is 9.90 Å². The molecule has 2 unspecified atom stereocenters. The smallest absolute Gasteiger partial charge is 0.241 e. The van der Waals surface area contributed by atoms with Crippen LogP contribution in [0.15, 0.2) is 12.1 Å². The minimum Gasteiger partial charge on any atom is -0.505 e. The first kappa shape index (κ1) is 14.5. The highest BCUT2D eigenvalue weighted by molar-refractivity contribution is 5.96. The number of carbonyl (C=O) groups excluding carboxylic acids is 1. The Hall–Kier alpha value is -1.55. The molecule has 0 bridgehead atoms. The van der Waals surface area contributed by atoms with Crippen molar-refractivity contribution >= 4 is 11.6 Å². The van der Waals surface area contributed by atoms with Crippen LogP contribution in [0.5, 0.6) is 5.75 Å². The van der Waals surface area contributed by atoms with Crippen molar-refractivity contribution in [1.82, 2.24) is 0 Å². The zero-order valence-electron chi connectivity index (χ0n) is 11.4. The SMILES string of the molecule is CCC(C)C(N)C(=O)Nc1cc(C)cc(C)c1O. The molecule has 18 heavy (non-hydrogen) atoms. The lowest BCUT2D eigenvalue weighted by Gasteiger charge is -2.18. The summed E-state index contributed by atoms with van der Waals surface area (Å²) in [7, 11) is 0. The van der Waals surface area contributed by atoms with Gasteiger partial charge in [0.25, 0.3) is 0 Å². The van der Waals surface area contributed by atoms with E-state index in [-0.39, 0.29) is 17.6 Å². The number of amides is 1. The Balaban J connectivity index is 2.88. The Bertz CT molecular complexity index is 444. The van der Waals surface area contributed by atoms with Crippen molar-refractivity contribution < 1.29 is 9.90 Å². The minimum absolute atomic E-state index is 0.102. The van der Waals surface area contributed by atoms with Crippen LogP contribution in [0.25, 0.3) is 0 Å². The van der Waals surface area contributed by atoms with Crippen molar-refractivity contribution in [2.45, 2.75) is 40.2 Å². The van der Waals surface area contributed by atoms with Crippen molar-refractivity contribution in [3.63, 3.8) is 0 Å². The van der Waals surface area contributed by atoms with E-state index < -0.39 is 6.04 Å². The maximum absolute atomic E-state index is 11.9. The highest BCUT2D eigenvalue weighted by Crippen LogP contribution is 2.28. The molecule has 4 N–H and O–H groups in total. The molecule has 0 aliphatic heterocycles. The van der Waals surface area contributed by atoms with Crippen molar-refractivity contribution in [3.05, 3.63) is 23.3 Å². The quantitative estimate of drug-likeness (QED) is 0.718. The Morgan fingerprint density at radius 2 is 2.06 bits per heavy atom. The maximum atomic E-state index is 11.9. The molecule has 0 saturated heterocycles. The number of anilines is 1. The number of rotatable bonds is 4. The van der Waals surface area contributed by atoms with Crippen LogP contribution >= 0.6 is 0 Å². The van der Waals surface area contributed by atoms with Crippen LogP contribution in [0.2, 0.25) is 0 Å². The predicted molar refractivity (Wildman–Crippen MR) is 73.6 cm³/mol. The van der Waals surface area contributed by atoms with Gasteiger partial charge in [-0.2, -0.15) is 0 Å². The molecule has 0 radical (unpaired) electrons. The molecule has 2 atom stereocenters. The first-order chi connectivity index (χ1) is 8.36. The van der Waals surface area contributed by atoms with Gasteiger partial charge < -0.3 is 16.2 Å². The molecular formula is C14H22N2O2. The van der Waals surface area contributed by atoms with E-state index in [4.69, 9.17) is 5.73 Å². The van der Waals surface area contributed by atoms with Crippen LogP contribution < -0.4 is 11.1 Å². The third-order valence-electron chi connectivity index (χ3n) is 3.26. The molecule has 0 heterocycles. The van der Waals surface area contributed by atoms with Gasteiger partial charge in [-0.3, -0.25) is 4.79 Å². The lowest BCUT2D eigenvalue weighted by atomic mass is 9.99. The molecule has 0 aliphatic rings. The molecule has 1 amide bonds. The predicted octanol–water partition coefficient (Wildman–Crippen LogP) is 2.32. The molecule has 1 aromatic carbocycles. The summed E-state index contributed by atoms with van der Waals surface area (Å²) >= 11 is 0. The van der Waals surface area contributed by atoms with Gasteiger partial charge in [-0.05, 0) is 37.0 Å². The molecule has 0 aliphatic carbocycles. The molecule has 4 nitrogen and oxygen atoms in total. The highest BCUT2D eigenvalue weighted by atomic mass is 16.3. The zero-order chi connectivity index (χ0) is 13.9. The van der Waals surface area contributed by atoms with Gasteiger partial charge in [-0.1, -0.05) is 26.3 Å². The van der Waals surface area contributed by atoms with Gasteiger partial charge >= 0.3 is 0 Å². The lowest BCUT2D eigenvalue weighted by molar-refractivity contribution is -0.118. The van der Waals surface area contributed by atoms with E-state index in [1.54, 1.807) is 13.0 Å². The van der Waals surface area contributed by atoms with Crippen LogP contribution in [0.1, 0.15) is 31.4 Å². The second-order valence-corrected chi connectivity index (χ2v) is 4.88. The Morgan fingerprint density at radius 1 is 1.44 bits per heavy atom. The summed E-state index contributed by atoms with van der Waals surface area (Å²) in [4.78, 5) is 11.9. The number of aryl methyl sites for hydroxylation is 2. The average Bonchev–Trinajstić information content (AvgIpc) is 2.33. The summed E-state index contributed by atoms with van der Waals surface area (Å²) < 4.78 is 0. The molecule has 0 saturated carbocycles. The Kier molecular flexibility index (Phi) is 4.73. The van der Waals surface area contributed by atoms with Gasteiger partial charge in [0.05, 0.1) is 11.7 Å². The molecule has 0 aromatic heterocycles. The van der Waals surface area contributed by atoms with Crippen molar-refractivity contribution in [1.29, 1.82) is 0 Å². The second kappa shape index (κ2) is 5.87. The Labute approximate surface area is 108 Å². The summed E-state index contributed by atoms with van der Waals surface area (Å²) in [6.07, 6.45) is 0.841. The van der Waals surface area contributed by atoms with Gasteiger partial charge in [-0.25, -0.2) is 0 Å². The summed E-state index contributed by atoms with van der Waals surface area (Å²) in [5.74, 6) is -0.0481. The minimum atomic E-state index is -0.560. The lowest BCUT2D eigenvalue weighted by Crippen LogP contribution is -2.40. The number of nitrogens with one attached hydrogen (secondary N) is 1. The van der Waals surface area contributed by atoms with E-state index in [0.717, 1.165) is 17.5 Å². The fourth-order valence-corrected chi connectivity index (χ4v) is 1.78. The number of nitrogens with two attached hydrogens (primary N) is 1. The third-order valence-corrected chi connectivity index (χ3v) is 3.26. The molecule has 0 fully saturated rings. The number of phenols is 1. The van der Waals surface area contributed by atoms with Crippen LogP contribution in [0.4, 0.5) is 5.69 Å². The second-order valence-electron chi connectivity index (χ2n) is 4.88. The highest BCUT2D eigenvalue weighted by Gasteiger charge is 2.20. The molecule has 1 rings (SSSR count). The van der Waals surface area contributed by atoms with E-state index in [1.165, 1.54) is 0 Å². The molecule has 4 heteroatoms. The van der Waals surface area contributed by atoms with Gasteiger partial charge in [0.15, 0.2) is 0 Å². The van der Waals surface area contributed by atoms with Gasteiger partial charge in [0.1, 0.15) is 5.75 Å². The van der Waals surface area contributed by atoms with E-state index >= 15 is 0 Å². The molecular weight excluding hydrogens is 228 g/mol. The first-order valence-electron chi connectivity index (χ1n) is 6.23. The normalized spacial score (nSPS) is 14.1. The van der Waals surface area contributed by atoms with Crippen LogP contribution in [0.3, 0.4) is 0 Å². The molecule has 100 valence electrons. The monoisotopic (exact) mass is 250 g/mol. The fourth-order valence-electron chi connectivity index (χ4n) is 1.78. The average molecular weight is 250 g/mol. The zero-order valence-corrected chi connectivity index (χ0v) is 11.4. The number of hydrogen-bond acceptors (Lipinski definition) is 3. The summed E-state index contributed by atoms with van der Waals surface area (Å²) in [6.45, 7) is 7.64. The van der Waals surface area contributed by atoms with E-state index in [0.29, 0.717) is 5.69 Å². The number of phenolic OH excluding ortho intramolecular Hbond substituents is 1. The number of benzene rings is 1. The Morgan fingerprint density at radius 3 is 2.61 bits per heavy atom. The van der Waals surface area contributed by atoms with E-state index in [1.807, 2.05) is 26.8 Å². The number of aromatic hydroxyl groups is 1. The summed E-state index contributed by atoms with van der Waals surface area (Å²) in [5, 5.41) is 12.6. The van der Waals surface area contributed by atoms with Crippen LogP contribution in [-0.2, 0) is 4.79 Å². The van der Waals surface area contributed by atoms with Gasteiger partial charge in [0.2, 0.25) is 5.91 Å². The summed E-state index contributed by atoms with van der Waals surface area (Å²) in [6, 6.07) is 3.04. The van der Waals surface area contributed by atoms with Crippen molar-refractivity contribution in [2.24, 2.45) is 11.7 Å². The standard InChI is InChI=1S/C14H22N2O2/c1-5-9(3)12(15)14(18)16-11-7-8(2)6-10(4)13(11)17/h6-7,9,12,17H,5,15H2,1-4H3,(H,16,18). The fraction of sp³-hybridized carbons (Fsp3) is 0.500. The maximum Gasteiger partial charge on any atom is 0.241 e. The topological polar surface area (TPSA) is 75.4 Å². The first-order valence-corrected chi connectivity index (χ1v) is 6.23.